The molecule has 0 bridgehead atoms. The molecular formula is C8H6ClNOS. The van der Waals surface area contributed by atoms with Crippen LogP contribution in [0.1, 0.15) is 0 Å². The van der Waals surface area contributed by atoms with Crippen molar-refractivity contribution in [3.63, 3.8) is 0 Å². The van der Waals surface area contributed by atoms with Crippen LogP contribution >= 0.6 is 22.9 Å². The van der Waals surface area contributed by atoms with Crippen molar-refractivity contribution in [2.24, 2.45) is 0 Å². The highest BCUT2D eigenvalue weighted by molar-refractivity contribution is 7.21. The third-order valence-corrected chi connectivity index (χ3v) is 3.09. The van der Waals surface area contributed by atoms with E-state index in [1.165, 1.54) is 11.3 Å². The topological polar surface area (TPSA) is 22.1 Å². The average molecular weight is 200 g/mol. The molecule has 0 spiro atoms. The Morgan fingerprint density at radius 2 is 2.42 bits per heavy atom. The first kappa shape index (κ1) is 7.83. The van der Waals surface area contributed by atoms with Crippen molar-refractivity contribution in [3.8, 4) is 5.06 Å². The van der Waals surface area contributed by atoms with Gasteiger partial charge in [0.05, 0.1) is 22.3 Å². The van der Waals surface area contributed by atoms with Crippen molar-refractivity contribution in [2.45, 2.75) is 0 Å². The van der Waals surface area contributed by atoms with Gasteiger partial charge in [-0.05, 0) is 6.07 Å². The summed E-state index contributed by atoms with van der Waals surface area (Å²) in [6.07, 6.45) is 1.69. The minimum Gasteiger partial charge on any atom is -0.487 e. The summed E-state index contributed by atoms with van der Waals surface area (Å²) in [6, 6.07) is 3.66. The van der Waals surface area contributed by atoms with E-state index in [9.17, 15) is 0 Å². The summed E-state index contributed by atoms with van der Waals surface area (Å²) in [7, 11) is 1.64. The number of methoxy groups -OCH3 is 1. The van der Waals surface area contributed by atoms with Crippen LogP contribution in [0.15, 0.2) is 18.3 Å². The van der Waals surface area contributed by atoms with Crippen LogP contribution in [0.2, 0.25) is 5.02 Å². The van der Waals surface area contributed by atoms with Gasteiger partial charge in [-0.25, -0.2) is 0 Å². The number of ether oxygens (including phenoxy) is 1. The fourth-order valence-corrected chi connectivity index (χ4v) is 2.09. The van der Waals surface area contributed by atoms with Crippen LogP contribution in [0.25, 0.3) is 10.2 Å². The van der Waals surface area contributed by atoms with Crippen LogP contribution in [-0.2, 0) is 0 Å². The summed E-state index contributed by atoms with van der Waals surface area (Å²) in [5.41, 5.74) is 0.893. The highest BCUT2D eigenvalue weighted by atomic mass is 35.5. The Kier molecular flexibility index (Phi) is 1.90. The van der Waals surface area contributed by atoms with E-state index in [1.54, 1.807) is 19.4 Å². The highest BCUT2D eigenvalue weighted by Gasteiger charge is 2.04. The van der Waals surface area contributed by atoms with Gasteiger partial charge in [-0.15, -0.1) is 0 Å². The number of nitrogens with zero attached hydrogens (tertiary/aromatic N) is 1. The van der Waals surface area contributed by atoms with Gasteiger partial charge >= 0.3 is 0 Å². The molecule has 0 saturated heterocycles. The molecule has 4 heteroatoms. The number of pyridine rings is 1. The van der Waals surface area contributed by atoms with Crippen molar-refractivity contribution in [1.29, 1.82) is 0 Å². The lowest BCUT2D eigenvalue weighted by atomic mass is 10.4. The predicted octanol–water partition coefficient (Wildman–Crippen LogP) is 2.96. The Balaban J connectivity index is 2.74. The maximum absolute atomic E-state index is 5.94. The minimum absolute atomic E-state index is 0.730. The highest BCUT2D eigenvalue weighted by Crippen LogP contribution is 2.34. The lowest BCUT2D eigenvalue weighted by Gasteiger charge is -1.88. The van der Waals surface area contributed by atoms with Gasteiger partial charge in [-0.3, -0.25) is 4.98 Å². The van der Waals surface area contributed by atoms with E-state index in [-0.39, 0.29) is 0 Å². The molecule has 0 atom stereocenters. The van der Waals surface area contributed by atoms with Gasteiger partial charge in [0.2, 0.25) is 0 Å². The molecule has 0 N–H and O–H groups in total. The zero-order valence-corrected chi connectivity index (χ0v) is 7.95. The van der Waals surface area contributed by atoms with Crippen LogP contribution in [0.4, 0.5) is 0 Å². The summed E-state index contributed by atoms with van der Waals surface area (Å²) in [4.78, 5) is 4.16. The third kappa shape index (κ3) is 1.15. The molecule has 2 heterocycles. The summed E-state index contributed by atoms with van der Waals surface area (Å²) in [6.45, 7) is 0. The molecule has 12 heavy (non-hydrogen) atoms. The Morgan fingerprint density at radius 1 is 1.58 bits per heavy atom. The van der Waals surface area contributed by atoms with Crippen LogP contribution < -0.4 is 4.74 Å². The number of fused-ring (bicyclic) bond motifs is 1. The predicted molar refractivity (Wildman–Crippen MR) is 51.2 cm³/mol. The zero-order valence-electron chi connectivity index (χ0n) is 6.37. The van der Waals surface area contributed by atoms with E-state index in [0.29, 0.717) is 0 Å². The van der Waals surface area contributed by atoms with Crippen LogP contribution in [0.5, 0.6) is 5.06 Å². The Labute approximate surface area is 78.8 Å². The molecule has 62 valence electrons. The largest absolute Gasteiger partial charge is 0.487 e. The molecule has 0 aromatic carbocycles. The molecule has 0 aliphatic carbocycles. The second-order valence-electron chi connectivity index (χ2n) is 2.28. The quantitative estimate of drug-likeness (QED) is 0.705. The summed E-state index contributed by atoms with van der Waals surface area (Å²) in [5, 5.41) is 1.57. The number of hydrogen-bond donors (Lipinski definition) is 0. The first-order valence-corrected chi connectivity index (χ1v) is 4.59. The van der Waals surface area contributed by atoms with Crippen LogP contribution in [0.3, 0.4) is 0 Å². The maximum atomic E-state index is 5.94. The Hall–Kier alpha value is -0.800. The molecular weight excluding hydrogens is 194 g/mol. The van der Waals surface area contributed by atoms with Gasteiger partial charge in [-0.2, -0.15) is 0 Å². The lowest BCUT2D eigenvalue weighted by Crippen LogP contribution is -1.73. The number of aromatic nitrogens is 1. The van der Waals surface area contributed by atoms with Gasteiger partial charge in [0.1, 0.15) is 0 Å². The van der Waals surface area contributed by atoms with E-state index in [0.717, 1.165) is 20.3 Å². The van der Waals surface area contributed by atoms with Gasteiger partial charge in [-0.1, -0.05) is 22.9 Å². The third-order valence-electron chi connectivity index (χ3n) is 1.54. The lowest BCUT2D eigenvalue weighted by molar-refractivity contribution is 0.427. The molecule has 0 amide bonds. The molecule has 0 aliphatic heterocycles. The number of rotatable bonds is 1. The first-order valence-electron chi connectivity index (χ1n) is 3.39. The SMILES string of the molecule is COc1cc2nccc(Cl)c2s1. The summed E-state index contributed by atoms with van der Waals surface area (Å²) >= 11 is 7.45. The standard InChI is InChI=1S/C8H6ClNOS/c1-11-7-4-6-8(12-7)5(9)2-3-10-6/h2-4H,1H3. The average Bonchev–Trinajstić information content (AvgIpc) is 2.49. The molecule has 0 saturated carbocycles. The molecule has 0 aliphatic rings. The number of halogens is 1. The fourth-order valence-electron chi connectivity index (χ4n) is 0.986. The molecule has 2 rings (SSSR count). The zero-order chi connectivity index (χ0) is 8.55. The van der Waals surface area contributed by atoms with Crippen LogP contribution in [-0.4, -0.2) is 12.1 Å². The van der Waals surface area contributed by atoms with Gasteiger partial charge in [0, 0.05) is 12.3 Å². The van der Waals surface area contributed by atoms with E-state index in [4.69, 9.17) is 16.3 Å². The molecule has 0 fully saturated rings. The minimum atomic E-state index is 0.730. The van der Waals surface area contributed by atoms with Crippen molar-refractivity contribution >= 4 is 33.2 Å². The van der Waals surface area contributed by atoms with Gasteiger partial charge < -0.3 is 4.74 Å². The second kappa shape index (κ2) is 2.92. The van der Waals surface area contributed by atoms with Gasteiger partial charge in [0.15, 0.2) is 5.06 Å². The molecule has 2 aromatic heterocycles. The Morgan fingerprint density at radius 3 is 3.08 bits per heavy atom. The van der Waals surface area contributed by atoms with E-state index in [1.807, 2.05) is 6.07 Å². The van der Waals surface area contributed by atoms with Crippen molar-refractivity contribution in [3.05, 3.63) is 23.4 Å². The summed E-state index contributed by atoms with van der Waals surface area (Å²) < 4.78 is 6.06. The normalized spacial score (nSPS) is 10.5. The molecule has 2 aromatic rings. The molecule has 0 radical (unpaired) electrons. The smallest absolute Gasteiger partial charge is 0.176 e. The van der Waals surface area contributed by atoms with Gasteiger partial charge in [0.25, 0.3) is 0 Å². The first-order chi connectivity index (χ1) is 5.81. The Bertz CT molecular complexity index is 412. The van der Waals surface area contributed by atoms with Crippen molar-refractivity contribution in [2.75, 3.05) is 7.11 Å². The summed E-state index contributed by atoms with van der Waals surface area (Å²) in [5.74, 6) is 0. The monoisotopic (exact) mass is 199 g/mol. The van der Waals surface area contributed by atoms with E-state index in [2.05, 4.69) is 4.98 Å². The van der Waals surface area contributed by atoms with Crippen molar-refractivity contribution in [1.82, 2.24) is 4.98 Å². The molecule has 0 unspecified atom stereocenters. The van der Waals surface area contributed by atoms with Crippen molar-refractivity contribution < 1.29 is 4.74 Å². The number of hydrogen-bond acceptors (Lipinski definition) is 3. The van der Waals surface area contributed by atoms with E-state index >= 15 is 0 Å². The second-order valence-corrected chi connectivity index (χ2v) is 3.70. The van der Waals surface area contributed by atoms with Crippen LogP contribution in [0, 0.1) is 0 Å². The fraction of sp³-hybridized carbons (Fsp3) is 0.125. The number of thiophene rings is 1. The maximum Gasteiger partial charge on any atom is 0.176 e. The molecule has 2 nitrogen and oxygen atoms in total. The van der Waals surface area contributed by atoms with E-state index < -0.39 is 0 Å².